The lowest BCUT2D eigenvalue weighted by Gasteiger charge is -2.11. The van der Waals surface area contributed by atoms with E-state index in [-0.39, 0.29) is 0 Å². The minimum absolute atomic E-state index is 0.348. The third-order valence-corrected chi connectivity index (χ3v) is 2.87. The van der Waals surface area contributed by atoms with E-state index in [1.165, 1.54) is 11.3 Å². The first-order chi connectivity index (χ1) is 6.72. The van der Waals surface area contributed by atoms with Gasteiger partial charge in [-0.15, -0.1) is 0 Å². The van der Waals surface area contributed by atoms with Crippen LogP contribution in [0.3, 0.4) is 0 Å². The molecule has 3 N–H and O–H groups in total. The Labute approximate surface area is 84.1 Å². The second kappa shape index (κ2) is 3.50. The monoisotopic (exact) mass is 192 g/mol. The first-order valence-electron chi connectivity index (χ1n) is 4.96. The number of fused-ring (bicyclic) bond motifs is 1. The van der Waals surface area contributed by atoms with Crippen molar-refractivity contribution in [2.24, 2.45) is 5.73 Å². The predicted molar refractivity (Wildman–Crippen MR) is 57.8 cm³/mol. The molecule has 1 aliphatic heterocycles. The van der Waals surface area contributed by atoms with Crippen molar-refractivity contribution < 1.29 is 5.11 Å². The van der Waals surface area contributed by atoms with E-state index in [0.29, 0.717) is 18.2 Å². The quantitative estimate of drug-likeness (QED) is 0.742. The number of nitrogens with two attached hydrogens (primary N) is 1. The number of aromatic hydroxyl groups is 1. The van der Waals surface area contributed by atoms with E-state index in [9.17, 15) is 5.11 Å². The SMILES string of the molecule is CN1CC(CCN)c2cc(O)ccc21. The van der Waals surface area contributed by atoms with Crippen molar-refractivity contribution in [2.45, 2.75) is 12.3 Å². The maximum absolute atomic E-state index is 9.42. The molecule has 1 aromatic carbocycles. The highest BCUT2D eigenvalue weighted by atomic mass is 16.3. The third-order valence-electron chi connectivity index (χ3n) is 2.87. The van der Waals surface area contributed by atoms with E-state index in [1.807, 2.05) is 12.1 Å². The number of hydrogen-bond acceptors (Lipinski definition) is 3. The van der Waals surface area contributed by atoms with E-state index in [2.05, 4.69) is 11.9 Å². The third kappa shape index (κ3) is 1.44. The molecule has 1 aliphatic rings. The van der Waals surface area contributed by atoms with Crippen LogP contribution < -0.4 is 10.6 Å². The zero-order valence-corrected chi connectivity index (χ0v) is 8.40. The van der Waals surface area contributed by atoms with E-state index in [4.69, 9.17) is 5.73 Å². The Morgan fingerprint density at radius 1 is 1.57 bits per heavy atom. The van der Waals surface area contributed by atoms with Crippen LogP contribution in [0.5, 0.6) is 5.75 Å². The molecule has 0 saturated carbocycles. The smallest absolute Gasteiger partial charge is 0.116 e. The molecule has 2 rings (SSSR count). The summed E-state index contributed by atoms with van der Waals surface area (Å²) in [6.45, 7) is 1.71. The Bertz CT molecular complexity index is 338. The van der Waals surface area contributed by atoms with Gasteiger partial charge in [-0.2, -0.15) is 0 Å². The summed E-state index contributed by atoms with van der Waals surface area (Å²) in [7, 11) is 2.08. The number of hydrogen-bond donors (Lipinski definition) is 2. The standard InChI is InChI=1S/C11H16N2O/c1-13-7-8(4-5-12)10-6-9(14)2-3-11(10)13/h2-3,6,8,14H,4-5,7,12H2,1H3. The van der Waals surface area contributed by atoms with Gasteiger partial charge < -0.3 is 15.7 Å². The van der Waals surface area contributed by atoms with Crippen molar-refractivity contribution >= 4 is 5.69 Å². The Balaban J connectivity index is 2.35. The Morgan fingerprint density at radius 2 is 2.36 bits per heavy atom. The molecule has 0 fully saturated rings. The second-order valence-electron chi connectivity index (χ2n) is 3.90. The number of likely N-dealkylation sites (N-methyl/N-ethyl adjacent to an activating group) is 1. The van der Waals surface area contributed by atoms with Crippen molar-refractivity contribution in [1.82, 2.24) is 0 Å². The molecule has 0 saturated heterocycles. The number of rotatable bonds is 2. The van der Waals surface area contributed by atoms with Gasteiger partial charge in [0.25, 0.3) is 0 Å². The van der Waals surface area contributed by atoms with E-state index in [1.54, 1.807) is 6.07 Å². The topological polar surface area (TPSA) is 49.5 Å². The van der Waals surface area contributed by atoms with Gasteiger partial charge in [-0.1, -0.05) is 0 Å². The van der Waals surface area contributed by atoms with Gasteiger partial charge in [0, 0.05) is 25.2 Å². The van der Waals surface area contributed by atoms with E-state index >= 15 is 0 Å². The van der Waals surface area contributed by atoms with Crippen LogP contribution in [-0.4, -0.2) is 25.2 Å². The molecule has 0 aromatic heterocycles. The highest BCUT2D eigenvalue weighted by molar-refractivity contribution is 5.61. The molecule has 1 aromatic rings. The van der Waals surface area contributed by atoms with Gasteiger partial charge in [-0.3, -0.25) is 0 Å². The Kier molecular flexibility index (Phi) is 2.33. The summed E-state index contributed by atoms with van der Waals surface area (Å²) in [5, 5.41) is 9.42. The minimum atomic E-state index is 0.348. The molecule has 1 heterocycles. The van der Waals surface area contributed by atoms with Gasteiger partial charge in [0.15, 0.2) is 0 Å². The van der Waals surface area contributed by atoms with Crippen molar-refractivity contribution in [1.29, 1.82) is 0 Å². The molecule has 14 heavy (non-hydrogen) atoms. The summed E-state index contributed by atoms with van der Waals surface area (Å²) in [5.74, 6) is 0.827. The number of nitrogens with zero attached hydrogens (tertiary/aromatic N) is 1. The molecule has 76 valence electrons. The number of anilines is 1. The largest absolute Gasteiger partial charge is 0.508 e. The van der Waals surface area contributed by atoms with Gasteiger partial charge in [0.2, 0.25) is 0 Å². The normalized spacial score (nSPS) is 19.9. The van der Waals surface area contributed by atoms with Gasteiger partial charge >= 0.3 is 0 Å². The summed E-state index contributed by atoms with van der Waals surface area (Å²) in [4.78, 5) is 2.22. The fourth-order valence-electron chi connectivity index (χ4n) is 2.19. The average molecular weight is 192 g/mol. The van der Waals surface area contributed by atoms with Crippen LogP contribution in [0.15, 0.2) is 18.2 Å². The molecule has 1 unspecified atom stereocenters. The van der Waals surface area contributed by atoms with Gasteiger partial charge in [-0.25, -0.2) is 0 Å². The van der Waals surface area contributed by atoms with Crippen molar-refractivity contribution in [3.8, 4) is 5.75 Å². The zero-order chi connectivity index (χ0) is 10.1. The van der Waals surface area contributed by atoms with Gasteiger partial charge in [0.05, 0.1) is 0 Å². The van der Waals surface area contributed by atoms with Crippen LogP contribution in [0.2, 0.25) is 0 Å². The van der Waals surface area contributed by atoms with E-state index in [0.717, 1.165) is 13.0 Å². The molecule has 3 nitrogen and oxygen atoms in total. The first kappa shape index (κ1) is 9.34. The molecule has 0 radical (unpaired) electrons. The highest BCUT2D eigenvalue weighted by Crippen LogP contribution is 2.38. The van der Waals surface area contributed by atoms with Crippen LogP contribution in [0.1, 0.15) is 17.9 Å². The Morgan fingerprint density at radius 3 is 3.07 bits per heavy atom. The van der Waals surface area contributed by atoms with Gasteiger partial charge in [-0.05, 0) is 36.7 Å². The highest BCUT2D eigenvalue weighted by Gasteiger charge is 2.25. The number of phenolic OH excluding ortho intramolecular Hbond substituents is 1. The molecular formula is C11H16N2O. The van der Waals surface area contributed by atoms with Crippen molar-refractivity contribution in [2.75, 3.05) is 25.0 Å². The molecule has 0 amide bonds. The van der Waals surface area contributed by atoms with E-state index < -0.39 is 0 Å². The lowest BCUT2D eigenvalue weighted by atomic mass is 9.98. The summed E-state index contributed by atoms with van der Waals surface area (Å²) >= 11 is 0. The number of phenols is 1. The van der Waals surface area contributed by atoms with Crippen LogP contribution in [-0.2, 0) is 0 Å². The molecule has 1 atom stereocenters. The molecule has 0 bridgehead atoms. The van der Waals surface area contributed by atoms with Crippen LogP contribution in [0, 0.1) is 0 Å². The van der Waals surface area contributed by atoms with Crippen LogP contribution in [0.4, 0.5) is 5.69 Å². The predicted octanol–water partition coefficient (Wildman–Crippen LogP) is 1.27. The molecule has 0 spiro atoms. The first-order valence-corrected chi connectivity index (χ1v) is 4.96. The van der Waals surface area contributed by atoms with Crippen molar-refractivity contribution in [3.63, 3.8) is 0 Å². The number of benzene rings is 1. The van der Waals surface area contributed by atoms with Crippen LogP contribution >= 0.6 is 0 Å². The summed E-state index contributed by atoms with van der Waals surface area (Å²) in [6.07, 6.45) is 0.987. The summed E-state index contributed by atoms with van der Waals surface area (Å²) in [6, 6.07) is 5.57. The average Bonchev–Trinajstić information content (AvgIpc) is 2.44. The zero-order valence-electron chi connectivity index (χ0n) is 8.40. The maximum atomic E-state index is 9.42. The Hall–Kier alpha value is -1.22. The summed E-state index contributed by atoms with van der Waals surface area (Å²) < 4.78 is 0. The maximum Gasteiger partial charge on any atom is 0.116 e. The van der Waals surface area contributed by atoms with Crippen molar-refractivity contribution in [3.05, 3.63) is 23.8 Å². The van der Waals surface area contributed by atoms with Gasteiger partial charge in [0.1, 0.15) is 5.75 Å². The molecular weight excluding hydrogens is 176 g/mol. The second-order valence-corrected chi connectivity index (χ2v) is 3.90. The fraction of sp³-hybridized carbons (Fsp3) is 0.455. The lowest BCUT2D eigenvalue weighted by Crippen LogP contribution is -2.16. The van der Waals surface area contributed by atoms with Crippen LogP contribution in [0.25, 0.3) is 0 Å². The minimum Gasteiger partial charge on any atom is -0.508 e. The molecule has 3 heteroatoms. The molecule has 0 aliphatic carbocycles. The summed E-state index contributed by atoms with van der Waals surface area (Å²) in [5.41, 5.74) is 8.03. The fourth-order valence-corrected chi connectivity index (χ4v) is 2.19. The lowest BCUT2D eigenvalue weighted by molar-refractivity contribution is 0.474.